The lowest BCUT2D eigenvalue weighted by atomic mass is 9.80. The van der Waals surface area contributed by atoms with Gasteiger partial charge in [0.1, 0.15) is 5.75 Å². The lowest BCUT2D eigenvalue weighted by Crippen LogP contribution is -2.30. The van der Waals surface area contributed by atoms with E-state index in [4.69, 9.17) is 21.6 Å². The second-order valence-corrected chi connectivity index (χ2v) is 2.40. The van der Waals surface area contributed by atoms with Crippen LogP contribution in [0.5, 0.6) is 5.75 Å². The third kappa shape index (κ3) is 2.14. The molecular formula is C7H8BClO3. The fourth-order valence-corrected chi connectivity index (χ4v) is 0.949. The van der Waals surface area contributed by atoms with Crippen molar-refractivity contribution in [3.8, 4) is 5.75 Å². The van der Waals surface area contributed by atoms with Crippen LogP contribution in [-0.4, -0.2) is 19.3 Å². The van der Waals surface area contributed by atoms with Crippen LogP contribution in [0.25, 0.3) is 0 Å². The number of ether oxygens (including phenoxy) is 1. The fourth-order valence-electron chi connectivity index (χ4n) is 0.847. The molecule has 5 heteroatoms. The van der Waals surface area contributed by atoms with Crippen LogP contribution in [0.2, 0.25) is 0 Å². The van der Waals surface area contributed by atoms with E-state index in [1.165, 1.54) is 0 Å². The van der Waals surface area contributed by atoms with Gasteiger partial charge in [0.25, 0.3) is 0 Å². The van der Waals surface area contributed by atoms with Crippen molar-refractivity contribution in [2.24, 2.45) is 0 Å². The third-order valence-corrected chi connectivity index (χ3v) is 1.63. The van der Waals surface area contributed by atoms with Crippen molar-refractivity contribution < 1.29 is 14.0 Å². The van der Waals surface area contributed by atoms with E-state index in [9.17, 15) is 0 Å². The number of halogens is 1. The first-order valence-electron chi connectivity index (χ1n) is 3.37. The van der Waals surface area contributed by atoms with Gasteiger partial charge in [-0.3, -0.25) is 0 Å². The highest BCUT2D eigenvalue weighted by molar-refractivity contribution is 6.63. The molecule has 3 nitrogen and oxygen atoms in total. The summed E-state index contributed by atoms with van der Waals surface area (Å²) in [5.74, 6) is 0.653. The molecule has 0 radical (unpaired) electrons. The van der Waals surface area contributed by atoms with E-state index in [0.717, 1.165) is 0 Å². The van der Waals surface area contributed by atoms with E-state index >= 15 is 0 Å². The van der Waals surface area contributed by atoms with Gasteiger partial charge in [-0.2, -0.15) is 0 Å². The van der Waals surface area contributed by atoms with E-state index in [1.54, 1.807) is 31.4 Å². The van der Waals surface area contributed by atoms with Gasteiger partial charge in [-0.1, -0.05) is 12.1 Å². The van der Waals surface area contributed by atoms with Crippen molar-refractivity contribution in [2.75, 3.05) is 7.11 Å². The molecule has 0 bridgehead atoms. The summed E-state index contributed by atoms with van der Waals surface area (Å²) in [5, 5.41) is 9.14. The van der Waals surface area contributed by atoms with Crippen molar-refractivity contribution in [1.82, 2.24) is 0 Å². The summed E-state index contributed by atoms with van der Waals surface area (Å²) in [4.78, 5) is 0. The molecule has 0 saturated carbocycles. The Morgan fingerprint density at radius 2 is 2.25 bits per heavy atom. The molecule has 0 aromatic heterocycles. The smallest absolute Gasteiger partial charge is 0.497 e. The SMILES string of the molecule is COc1cccc(B(O)OCl)c1. The molecular weight excluding hydrogens is 178 g/mol. The highest BCUT2D eigenvalue weighted by Gasteiger charge is 2.15. The minimum atomic E-state index is -1.11. The zero-order valence-electron chi connectivity index (χ0n) is 6.53. The van der Waals surface area contributed by atoms with Gasteiger partial charge in [0.2, 0.25) is 0 Å². The van der Waals surface area contributed by atoms with Gasteiger partial charge >= 0.3 is 7.12 Å². The Bertz CT molecular complexity index is 256. The number of hydrogen-bond donors (Lipinski definition) is 1. The molecule has 1 rings (SSSR count). The molecule has 0 aliphatic heterocycles. The molecule has 0 unspecified atom stereocenters. The Balaban J connectivity index is 2.86. The first-order chi connectivity index (χ1) is 5.77. The molecule has 12 heavy (non-hydrogen) atoms. The lowest BCUT2D eigenvalue weighted by Gasteiger charge is -2.03. The second-order valence-electron chi connectivity index (χ2n) is 2.22. The molecule has 0 spiro atoms. The van der Waals surface area contributed by atoms with E-state index in [2.05, 4.69) is 4.21 Å². The van der Waals surface area contributed by atoms with Gasteiger partial charge in [0.15, 0.2) is 0 Å². The third-order valence-electron chi connectivity index (χ3n) is 1.46. The topological polar surface area (TPSA) is 38.7 Å². The average molecular weight is 186 g/mol. The van der Waals surface area contributed by atoms with Crippen LogP contribution in [-0.2, 0) is 4.21 Å². The molecule has 0 aliphatic rings. The number of hydrogen-bond acceptors (Lipinski definition) is 3. The number of benzene rings is 1. The summed E-state index contributed by atoms with van der Waals surface area (Å²) in [7, 11) is 0.439. The van der Waals surface area contributed by atoms with Gasteiger partial charge in [0, 0.05) is 11.9 Å². The average Bonchev–Trinajstić information content (AvgIpc) is 2.17. The van der Waals surface area contributed by atoms with Gasteiger partial charge in [0.05, 0.1) is 7.11 Å². The molecule has 0 fully saturated rings. The Hall–Kier alpha value is -0.705. The minimum absolute atomic E-state index is 0.560. The van der Waals surface area contributed by atoms with Crippen LogP contribution >= 0.6 is 11.9 Å². The second kappa shape index (κ2) is 4.35. The molecule has 0 saturated heterocycles. The van der Waals surface area contributed by atoms with Crippen LogP contribution in [0, 0.1) is 0 Å². The van der Waals surface area contributed by atoms with Crippen LogP contribution < -0.4 is 10.2 Å². The maximum Gasteiger partial charge on any atom is 0.508 e. The Kier molecular flexibility index (Phi) is 3.40. The van der Waals surface area contributed by atoms with Crippen molar-refractivity contribution in [2.45, 2.75) is 0 Å². The summed E-state index contributed by atoms with van der Waals surface area (Å²) in [6.07, 6.45) is 0. The molecule has 1 aromatic carbocycles. The highest BCUT2D eigenvalue weighted by Crippen LogP contribution is 2.06. The van der Waals surface area contributed by atoms with Crippen molar-refractivity contribution in [3.05, 3.63) is 24.3 Å². The van der Waals surface area contributed by atoms with Crippen LogP contribution in [0.3, 0.4) is 0 Å². The Morgan fingerprint density at radius 1 is 1.50 bits per heavy atom. The zero-order chi connectivity index (χ0) is 8.97. The molecule has 0 aliphatic carbocycles. The Morgan fingerprint density at radius 3 is 2.83 bits per heavy atom. The number of rotatable bonds is 3. The Labute approximate surface area is 76.2 Å². The van der Waals surface area contributed by atoms with Crippen molar-refractivity contribution in [1.29, 1.82) is 0 Å². The maximum absolute atomic E-state index is 9.14. The lowest BCUT2D eigenvalue weighted by molar-refractivity contribution is 0.414. The highest BCUT2D eigenvalue weighted by atomic mass is 35.5. The molecule has 0 amide bonds. The monoisotopic (exact) mass is 186 g/mol. The van der Waals surface area contributed by atoms with Gasteiger partial charge < -0.3 is 14.0 Å². The predicted molar refractivity (Wildman–Crippen MR) is 47.5 cm³/mol. The quantitative estimate of drug-likeness (QED) is 0.701. The molecule has 1 aromatic rings. The van der Waals surface area contributed by atoms with E-state index in [-0.39, 0.29) is 0 Å². The van der Waals surface area contributed by atoms with Gasteiger partial charge in [-0.25, -0.2) is 0 Å². The predicted octanol–water partition coefficient (Wildman–Crippen LogP) is 0.553. The van der Waals surface area contributed by atoms with Crippen molar-refractivity contribution in [3.63, 3.8) is 0 Å². The minimum Gasteiger partial charge on any atom is -0.497 e. The normalized spacial score (nSPS) is 9.58. The standard InChI is InChI=1S/C7H8BClO3/c1-11-7-4-2-3-6(5-7)8(10)12-9/h2-5,10H,1H3. The fraction of sp³-hybridized carbons (Fsp3) is 0.143. The summed E-state index contributed by atoms with van der Waals surface area (Å²) >= 11 is 4.99. The number of methoxy groups -OCH3 is 1. The van der Waals surface area contributed by atoms with Crippen LogP contribution in [0.1, 0.15) is 0 Å². The molecule has 0 heterocycles. The summed E-state index contributed by atoms with van der Waals surface area (Å²) < 4.78 is 9.15. The van der Waals surface area contributed by atoms with E-state index < -0.39 is 7.12 Å². The van der Waals surface area contributed by atoms with E-state index in [0.29, 0.717) is 11.2 Å². The zero-order valence-corrected chi connectivity index (χ0v) is 7.28. The van der Waals surface area contributed by atoms with Gasteiger partial charge in [-0.15, -0.1) is 0 Å². The molecule has 0 atom stereocenters. The van der Waals surface area contributed by atoms with Crippen LogP contribution in [0.4, 0.5) is 0 Å². The molecule has 64 valence electrons. The van der Waals surface area contributed by atoms with Crippen molar-refractivity contribution >= 4 is 24.4 Å². The maximum atomic E-state index is 9.14. The largest absolute Gasteiger partial charge is 0.508 e. The van der Waals surface area contributed by atoms with E-state index in [1.807, 2.05) is 0 Å². The first kappa shape index (κ1) is 9.38. The summed E-state index contributed by atoms with van der Waals surface area (Å²) in [5.41, 5.74) is 0.560. The summed E-state index contributed by atoms with van der Waals surface area (Å²) in [6, 6.07) is 6.85. The van der Waals surface area contributed by atoms with Gasteiger partial charge in [-0.05, 0) is 17.6 Å². The molecule has 1 N–H and O–H groups in total. The first-order valence-corrected chi connectivity index (χ1v) is 3.68. The van der Waals surface area contributed by atoms with Crippen LogP contribution in [0.15, 0.2) is 24.3 Å². The summed E-state index contributed by atoms with van der Waals surface area (Å²) in [6.45, 7) is 0.